The standard InChI is InChI=1S/C15H25N3O/c1-3-19-14-6-9-18(10-7-14)15(12(2)16)13-5-4-8-17-11-13/h4-5,8,11-12,14-15H,3,6-7,9-10,16H2,1-2H3. The quantitative estimate of drug-likeness (QED) is 0.882. The van der Waals surface area contributed by atoms with Crippen molar-refractivity contribution in [3.63, 3.8) is 0 Å². The van der Waals surface area contributed by atoms with Gasteiger partial charge >= 0.3 is 0 Å². The van der Waals surface area contributed by atoms with Gasteiger partial charge in [0.1, 0.15) is 0 Å². The zero-order valence-corrected chi connectivity index (χ0v) is 12.0. The van der Waals surface area contributed by atoms with E-state index in [0.29, 0.717) is 6.10 Å². The Balaban J connectivity index is 2.02. The summed E-state index contributed by atoms with van der Waals surface area (Å²) >= 11 is 0. The summed E-state index contributed by atoms with van der Waals surface area (Å²) in [5.41, 5.74) is 7.41. The molecule has 4 nitrogen and oxygen atoms in total. The number of ether oxygens (including phenoxy) is 1. The summed E-state index contributed by atoms with van der Waals surface area (Å²) in [6, 6.07) is 4.47. The lowest BCUT2D eigenvalue weighted by Crippen LogP contribution is -2.45. The first kappa shape index (κ1) is 14.4. The Bertz CT molecular complexity index is 361. The first-order valence-electron chi connectivity index (χ1n) is 7.23. The van der Waals surface area contributed by atoms with E-state index in [0.717, 1.165) is 32.5 Å². The second-order valence-corrected chi connectivity index (χ2v) is 5.28. The van der Waals surface area contributed by atoms with E-state index in [9.17, 15) is 0 Å². The van der Waals surface area contributed by atoms with Crippen LogP contribution in [-0.2, 0) is 4.74 Å². The highest BCUT2D eigenvalue weighted by Gasteiger charge is 2.28. The molecule has 2 rings (SSSR count). The molecule has 1 aromatic rings. The molecule has 0 spiro atoms. The van der Waals surface area contributed by atoms with E-state index in [2.05, 4.69) is 29.8 Å². The van der Waals surface area contributed by atoms with Crippen LogP contribution in [0.3, 0.4) is 0 Å². The maximum atomic E-state index is 6.19. The Morgan fingerprint density at radius 2 is 2.21 bits per heavy atom. The maximum absolute atomic E-state index is 6.19. The molecule has 2 N–H and O–H groups in total. The third-order valence-corrected chi connectivity index (χ3v) is 3.80. The van der Waals surface area contributed by atoms with Crippen LogP contribution in [0.4, 0.5) is 0 Å². The molecule has 2 unspecified atom stereocenters. The minimum atomic E-state index is 0.104. The molecule has 0 bridgehead atoms. The van der Waals surface area contributed by atoms with Crippen molar-refractivity contribution in [1.29, 1.82) is 0 Å². The van der Waals surface area contributed by atoms with Gasteiger partial charge in [-0.25, -0.2) is 0 Å². The monoisotopic (exact) mass is 263 g/mol. The Labute approximate surface area is 116 Å². The largest absolute Gasteiger partial charge is 0.378 e. The fourth-order valence-corrected chi connectivity index (χ4v) is 2.95. The Morgan fingerprint density at radius 1 is 1.47 bits per heavy atom. The van der Waals surface area contributed by atoms with Gasteiger partial charge in [0.2, 0.25) is 0 Å². The van der Waals surface area contributed by atoms with Crippen LogP contribution < -0.4 is 5.73 Å². The molecule has 106 valence electrons. The summed E-state index contributed by atoms with van der Waals surface area (Å²) in [5, 5.41) is 0. The predicted octanol–water partition coefficient (Wildman–Crippen LogP) is 1.97. The highest BCUT2D eigenvalue weighted by atomic mass is 16.5. The van der Waals surface area contributed by atoms with Gasteiger partial charge < -0.3 is 10.5 Å². The zero-order valence-electron chi connectivity index (χ0n) is 12.0. The average molecular weight is 263 g/mol. The number of hydrogen-bond acceptors (Lipinski definition) is 4. The smallest absolute Gasteiger partial charge is 0.0599 e. The van der Waals surface area contributed by atoms with Crippen LogP contribution in [-0.4, -0.2) is 41.7 Å². The molecule has 2 heterocycles. The minimum absolute atomic E-state index is 0.104. The van der Waals surface area contributed by atoms with Crippen molar-refractivity contribution >= 4 is 0 Å². The molecule has 1 aliphatic heterocycles. The second-order valence-electron chi connectivity index (χ2n) is 5.28. The van der Waals surface area contributed by atoms with Crippen LogP contribution in [0.2, 0.25) is 0 Å². The van der Waals surface area contributed by atoms with Gasteiger partial charge in [-0.3, -0.25) is 9.88 Å². The van der Waals surface area contributed by atoms with Crippen molar-refractivity contribution in [2.75, 3.05) is 19.7 Å². The average Bonchev–Trinajstić information content (AvgIpc) is 2.42. The topological polar surface area (TPSA) is 51.4 Å². The molecule has 1 aromatic heterocycles. The summed E-state index contributed by atoms with van der Waals surface area (Å²) in [5.74, 6) is 0. The number of nitrogens with two attached hydrogens (primary N) is 1. The van der Waals surface area contributed by atoms with E-state index in [1.807, 2.05) is 18.5 Å². The van der Waals surface area contributed by atoms with E-state index < -0.39 is 0 Å². The highest BCUT2D eigenvalue weighted by molar-refractivity contribution is 5.16. The fraction of sp³-hybridized carbons (Fsp3) is 0.667. The number of likely N-dealkylation sites (tertiary alicyclic amines) is 1. The van der Waals surface area contributed by atoms with Crippen LogP contribution in [0.15, 0.2) is 24.5 Å². The fourth-order valence-electron chi connectivity index (χ4n) is 2.95. The minimum Gasteiger partial charge on any atom is -0.378 e. The molecule has 0 amide bonds. The van der Waals surface area contributed by atoms with Gasteiger partial charge in [-0.15, -0.1) is 0 Å². The maximum Gasteiger partial charge on any atom is 0.0599 e. The second kappa shape index (κ2) is 6.98. The molecular formula is C15H25N3O. The van der Waals surface area contributed by atoms with E-state index >= 15 is 0 Å². The molecule has 0 aliphatic carbocycles. The van der Waals surface area contributed by atoms with Crippen LogP contribution in [0.25, 0.3) is 0 Å². The predicted molar refractivity (Wildman–Crippen MR) is 76.8 cm³/mol. The lowest BCUT2D eigenvalue weighted by Gasteiger charge is -2.39. The van der Waals surface area contributed by atoms with Gasteiger partial charge in [0.05, 0.1) is 12.1 Å². The lowest BCUT2D eigenvalue weighted by atomic mass is 9.97. The molecule has 0 saturated carbocycles. The van der Waals surface area contributed by atoms with E-state index in [4.69, 9.17) is 10.5 Å². The molecule has 0 radical (unpaired) electrons. The third kappa shape index (κ3) is 3.75. The molecule has 1 aliphatic rings. The van der Waals surface area contributed by atoms with Gasteiger partial charge in [0, 0.05) is 38.1 Å². The SMILES string of the molecule is CCOC1CCN(C(c2cccnc2)C(C)N)CC1. The van der Waals surface area contributed by atoms with Gasteiger partial charge in [0.25, 0.3) is 0 Å². The van der Waals surface area contributed by atoms with Crippen LogP contribution in [0.1, 0.15) is 38.3 Å². The molecular weight excluding hydrogens is 238 g/mol. The first-order valence-corrected chi connectivity index (χ1v) is 7.23. The van der Waals surface area contributed by atoms with Crippen molar-refractivity contribution < 1.29 is 4.74 Å². The van der Waals surface area contributed by atoms with E-state index in [-0.39, 0.29) is 12.1 Å². The van der Waals surface area contributed by atoms with Crippen LogP contribution in [0, 0.1) is 0 Å². The highest BCUT2D eigenvalue weighted by Crippen LogP contribution is 2.27. The zero-order chi connectivity index (χ0) is 13.7. The Kier molecular flexibility index (Phi) is 5.31. The number of piperidine rings is 1. The van der Waals surface area contributed by atoms with Crippen LogP contribution >= 0.6 is 0 Å². The molecule has 4 heteroatoms. The molecule has 0 aromatic carbocycles. The normalized spacial score (nSPS) is 21.2. The molecule has 1 fully saturated rings. The van der Waals surface area contributed by atoms with Crippen molar-refractivity contribution in [2.45, 2.75) is 44.9 Å². The van der Waals surface area contributed by atoms with Gasteiger partial charge in [-0.2, -0.15) is 0 Å². The van der Waals surface area contributed by atoms with Crippen molar-refractivity contribution in [3.05, 3.63) is 30.1 Å². The number of hydrogen-bond donors (Lipinski definition) is 1. The van der Waals surface area contributed by atoms with Crippen molar-refractivity contribution in [2.24, 2.45) is 5.73 Å². The number of nitrogens with zero attached hydrogens (tertiary/aromatic N) is 2. The summed E-state index contributed by atoms with van der Waals surface area (Å²) in [6.45, 7) is 7.04. The molecule has 1 saturated heterocycles. The van der Waals surface area contributed by atoms with Crippen molar-refractivity contribution in [1.82, 2.24) is 9.88 Å². The lowest BCUT2D eigenvalue weighted by molar-refractivity contribution is 0.00115. The van der Waals surface area contributed by atoms with Gasteiger partial charge in [0.15, 0.2) is 0 Å². The van der Waals surface area contributed by atoms with E-state index in [1.165, 1.54) is 5.56 Å². The first-order chi connectivity index (χ1) is 9.22. The summed E-state index contributed by atoms with van der Waals surface area (Å²) in [6.07, 6.45) is 6.35. The van der Waals surface area contributed by atoms with Gasteiger partial charge in [-0.05, 0) is 38.3 Å². The Hall–Kier alpha value is -0.970. The summed E-state index contributed by atoms with van der Waals surface area (Å²) < 4.78 is 5.71. The van der Waals surface area contributed by atoms with Crippen LogP contribution in [0.5, 0.6) is 0 Å². The molecule has 19 heavy (non-hydrogen) atoms. The van der Waals surface area contributed by atoms with Gasteiger partial charge in [-0.1, -0.05) is 6.07 Å². The van der Waals surface area contributed by atoms with E-state index in [1.54, 1.807) is 0 Å². The Morgan fingerprint density at radius 3 is 2.74 bits per heavy atom. The van der Waals surface area contributed by atoms with Crippen molar-refractivity contribution in [3.8, 4) is 0 Å². The summed E-state index contributed by atoms with van der Waals surface area (Å²) in [4.78, 5) is 6.69. The summed E-state index contributed by atoms with van der Waals surface area (Å²) in [7, 11) is 0. The number of pyridine rings is 1. The third-order valence-electron chi connectivity index (χ3n) is 3.80. The number of rotatable bonds is 5. The molecule has 2 atom stereocenters. The number of aromatic nitrogens is 1.